The van der Waals surface area contributed by atoms with Crippen LogP contribution in [0.2, 0.25) is 0 Å². The van der Waals surface area contributed by atoms with E-state index in [4.69, 9.17) is 4.74 Å². The lowest BCUT2D eigenvalue weighted by molar-refractivity contribution is -0.118. The van der Waals surface area contributed by atoms with E-state index in [9.17, 15) is 4.79 Å². The van der Waals surface area contributed by atoms with Gasteiger partial charge in [0.2, 0.25) is 5.91 Å². The summed E-state index contributed by atoms with van der Waals surface area (Å²) in [6.45, 7) is 4.75. The summed E-state index contributed by atoms with van der Waals surface area (Å²) in [7, 11) is 1.66. The van der Waals surface area contributed by atoms with Crippen molar-refractivity contribution in [2.45, 2.75) is 24.9 Å². The molecular formula is C21H22N2O2. The molecule has 2 aliphatic rings. The Hall–Kier alpha value is -2.75. The average Bonchev–Trinajstić information content (AvgIpc) is 3.05. The molecule has 4 heteroatoms. The van der Waals surface area contributed by atoms with Crippen molar-refractivity contribution in [1.82, 2.24) is 5.32 Å². The van der Waals surface area contributed by atoms with Crippen LogP contribution in [0.15, 0.2) is 54.6 Å². The predicted molar refractivity (Wildman–Crippen MR) is 99.7 cm³/mol. The Morgan fingerprint density at radius 2 is 1.96 bits per heavy atom. The van der Waals surface area contributed by atoms with Gasteiger partial charge in [-0.15, -0.1) is 0 Å². The van der Waals surface area contributed by atoms with Crippen LogP contribution in [0.4, 0.5) is 5.69 Å². The average molecular weight is 334 g/mol. The van der Waals surface area contributed by atoms with Crippen LogP contribution in [0.25, 0.3) is 6.08 Å². The third-order valence-electron chi connectivity index (χ3n) is 5.49. The maximum Gasteiger partial charge on any atom is 0.241 e. The summed E-state index contributed by atoms with van der Waals surface area (Å²) in [5.41, 5.74) is 2.62. The molecule has 2 aromatic rings. The Balaban J connectivity index is 1.81. The normalized spacial score (nSPS) is 23.5. The minimum atomic E-state index is -0.559. The van der Waals surface area contributed by atoms with Crippen molar-refractivity contribution in [3.63, 3.8) is 0 Å². The van der Waals surface area contributed by atoms with Gasteiger partial charge in [0.15, 0.2) is 0 Å². The number of hydrogen-bond acceptors (Lipinski definition) is 3. The molecule has 1 saturated heterocycles. The van der Waals surface area contributed by atoms with Crippen molar-refractivity contribution < 1.29 is 9.53 Å². The van der Waals surface area contributed by atoms with Crippen molar-refractivity contribution in [3.05, 3.63) is 65.7 Å². The summed E-state index contributed by atoms with van der Waals surface area (Å²) in [5, 5.41) is 3.23. The van der Waals surface area contributed by atoms with E-state index in [0.717, 1.165) is 17.0 Å². The van der Waals surface area contributed by atoms with Gasteiger partial charge in [-0.1, -0.05) is 50.3 Å². The van der Waals surface area contributed by atoms with E-state index in [1.165, 1.54) is 5.56 Å². The first-order chi connectivity index (χ1) is 12.0. The molecule has 1 N–H and O–H groups in total. The second-order valence-electron chi connectivity index (χ2n) is 7.15. The van der Waals surface area contributed by atoms with Crippen LogP contribution in [-0.2, 0) is 10.2 Å². The standard InChI is InChI=1S/C21H22N2O2/c1-20(2)17-9-4-5-10-18(17)23-14-19(24)22-21(20,23)12-11-15-7-6-8-16(13-15)25-3/h4-13H,14H2,1-3H3,(H,22,24)/b12-11+/t21-/m0/s1. The lowest BCUT2D eigenvalue weighted by atomic mass is 9.75. The molecule has 0 bridgehead atoms. The second-order valence-corrected chi connectivity index (χ2v) is 7.15. The van der Waals surface area contributed by atoms with Gasteiger partial charge in [-0.3, -0.25) is 4.79 Å². The van der Waals surface area contributed by atoms with E-state index in [2.05, 4.69) is 54.4 Å². The highest BCUT2D eigenvalue weighted by Crippen LogP contribution is 2.52. The number of anilines is 1. The van der Waals surface area contributed by atoms with Gasteiger partial charge in [0.05, 0.1) is 13.7 Å². The number of ether oxygens (including phenoxy) is 1. The summed E-state index contributed by atoms with van der Waals surface area (Å²) in [6, 6.07) is 16.3. The molecule has 0 saturated carbocycles. The number of carbonyl (C=O) groups is 1. The number of benzene rings is 2. The second kappa shape index (κ2) is 5.38. The molecule has 2 heterocycles. The lowest BCUT2D eigenvalue weighted by Crippen LogP contribution is -2.58. The zero-order valence-electron chi connectivity index (χ0n) is 14.7. The number of nitrogens with one attached hydrogen (secondary N) is 1. The molecule has 0 radical (unpaired) electrons. The van der Waals surface area contributed by atoms with Gasteiger partial charge in [-0.25, -0.2) is 0 Å². The molecule has 4 nitrogen and oxygen atoms in total. The number of rotatable bonds is 3. The van der Waals surface area contributed by atoms with E-state index in [1.807, 2.05) is 30.3 Å². The largest absolute Gasteiger partial charge is 0.497 e. The fourth-order valence-corrected chi connectivity index (χ4v) is 4.10. The monoisotopic (exact) mass is 334 g/mol. The molecule has 128 valence electrons. The Bertz CT molecular complexity index is 872. The first-order valence-corrected chi connectivity index (χ1v) is 8.49. The molecule has 1 atom stereocenters. The van der Waals surface area contributed by atoms with Crippen LogP contribution in [0.3, 0.4) is 0 Å². The smallest absolute Gasteiger partial charge is 0.241 e. The van der Waals surface area contributed by atoms with E-state index in [0.29, 0.717) is 6.54 Å². The molecule has 0 aromatic heterocycles. The van der Waals surface area contributed by atoms with Crippen molar-refractivity contribution in [3.8, 4) is 5.75 Å². The summed E-state index contributed by atoms with van der Waals surface area (Å²) in [4.78, 5) is 14.4. The number of hydrogen-bond donors (Lipinski definition) is 1. The van der Waals surface area contributed by atoms with Crippen LogP contribution in [0.1, 0.15) is 25.0 Å². The molecule has 1 fully saturated rings. The molecule has 25 heavy (non-hydrogen) atoms. The van der Waals surface area contributed by atoms with Crippen LogP contribution < -0.4 is 15.0 Å². The SMILES string of the molecule is COc1cccc(/C=C/[C@]23NC(=O)CN2c2ccccc2C3(C)C)c1. The highest BCUT2D eigenvalue weighted by molar-refractivity contribution is 5.91. The van der Waals surface area contributed by atoms with E-state index < -0.39 is 5.66 Å². The third-order valence-corrected chi connectivity index (χ3v) is 5.49. The van der Waals surface area contributed by atoms with Gasteiger partial charge in [-0.05, 0) is 35.4 Å². The number of fused-ring (bicyclic) bond motifs is 3. The minimum Gasteiger partial charge on any atom is -0.497 e. The molecule has 2 aromatic carbocycles. The van der Waals surface area contributed by atoms with Crippen LogP contribution in [0, 0.1) is 0 Å². The van der Waals surface area contributed by atoms with E-state index in [-0.39, 0.29) is 11.3 Å². The molecule has 0 aliphatic carbocycles. The number of nitrogens with zero attached hydrogens (tertiary/aromatic N) is 1. The quantitative estimate of drug-likeness (QED) is 0.936. The van der Waals surface area contributed by atoms with Crippen LogP contribution in [-0.4, -0.2) is 25.2 Å². The summed E-state index contributed by atoms with van der Waals surface area (Å²) < 4.78 is 5.31. The Labute approximate surface area is 148 Å². The number of amides is 1. The van der Waals surface area contributed by atoms with Crippen LogP contribution >= 0.6 is 0 Å². The molecular weight excluding hydrogens is 312 g/mol. The summed E-state index contributed by atoms with van der Waals surface area (Å²) in [6.07, 6.45) is 4.18. The van der Waals surface area contributed by atoms with Crippen molar-refractivity contribution in [1.29, 1.82) is 0 Å². The van der Waals surface area contributed by atoms with Crippen molar-refractivity contribution >= 4 is 17.7 Å². The van der Waals surface area contributed by atoms with Gasteiger partial charge < -0.3 is 15.0 Å². The minimum absolute atomic E-state index is 0.0536. The lowest BCUT2D eigenvalue weighted by Gasteiger charge is -2.40. The van der Waals surface area contributed by atoms with E-state index >= 15 is 0 Å². The molecule has 4 rings (SSSR count). The maximum absolute atomic E-state index is 12.3. The number of para-hydroxylation sites is 1. The highest BCUT2D eigenvalue weighted by Gasteiger charge is 2.59. The Morgan fingerprint density at radius 1 is 1.16 bits per heavy atom. The van der Waals surface area contributed by atoms with Gasteiger partial charge >= 0.3 is 0 Å². The van der Waals surface area contributed by atoms with Crippen molar-refractivity contribution in [2.24, 2.45) is 0 Å². The zero-order chi connectivity index (χ0) is 17.7. The van der Waals surface area contributed by atoms with Crippen LogP contribution in [0.5, 0.6) is 5.75 Å². The highest BCUT2D eigenvalue weighted by atomic mass is 16.5. The first kappa shape index (κ1) is 15.8. The fourth-order valence-electron chi connectivity index (χ4n) is 4.10. The Morgan fingerprint density at radius 3 is 2.76 bits per heavy atom. The molecule has 0 unspecified atom stereocenters. The van der Waals surface area contributed by atoms with Gasteiger partial charge in [0.1, 0.15) is 11.4 Å². The van der Waals surface area contributed by atoms with Gasteiger partial charge in [0.25, 0.3) is 0 Å². The van der Waals surface area contributed by atoms with Gasteiger partial charge in [0, 0.05) is 11.1 Å². The van der Waals surface area contributed by atoms with E-state index in [1.54, 1.807) is 7.11 Å². The maximum atomic E-state index is 12.3. The summed E-state index contributed by atoms with van der Waals surface area (Å²) in [5.74, 6) is 0.874. The van der Waals surface area contributed by atoms with Gasteiger partial charge in [-0.2, -0.15) is 0 Å². The fraction of sp³-hybridized carbons (Fsp3) is 0.286. The first-order valence-electron chi connectivity index (χ1n) is 8.49. The zero-order valence-corrected chi connectivity index (χ0v) is 14.7. The molecule has 2 aliphatic heterocycles. The third kappa shape index (κ3) is 2.17. The molecule has 1 amide bonds. The topological polar surface area (TPSA) is 41.6 Å². The predicted octanol–water partition coefficient (Wildman–Crippen LogP) is 3.33. The van der Waals surface area contributed by atoms with Crippen molar-refractivity contribution in [2.75, 3.05) is 18.6 Å². The summed E-state index contributed by atoms with van der Waals surface area (Å²) >= 11 is 0. The number of methoxy groups -OCH3 is 1. The Kier molecular flexibility index (Phi) is 3.39. The molecule has 0 spiro atoms. The number of carbonyl (C=O) groups excluding carboxylic acids is 1.